The number of carbonyl (C=O) groups is 1. The summed E-state index contributed by atoms with van der Waals surface area (Å²) >= 11 is 0. The van der Waals surface area contributed by atoms with Crippen LogP contribution in [-0.2, 0) is 9.53 Å². The summed E-state index contributed by atoms with van der Waals surface area (Å²) in [5, 5.41) is 0. The van der Waals surface area contributed by atoms with E-state index in [2.05, 4.69) is 11.8 Å². The van der Waals surface area contributed by atoms with E-state index >= 15 is 0 Å². The number of nitrogens with two attached hydrogens (primary N) is 1. The molecule has 3 unspecified atom stereocenters. The SMILES string of the molecule is COCCN1CCN(C(=O)C(C)C(N)c2ccccc2)CC1C. The van der Waals surface area contributed by atoms with Gasteiger partial charge in [-0.1, -0.05) is 37.3 Å². The molecule has 1 aromatic rings. The fourth-order valence-electron chi connectivity index (χ4n) is 3.14. The topological polar surface area (TPSA) is 58.8 Å². The van der Waals surface area contributed by atoms with Crippen LogP contribution in [0.2, 0.25) is 0 Å². The molecule has 2 N–H and O–H groups in total. The average molecular weight is 319 g/mol. The first kappa shape index (κ1) is 17.9. The summed E-state index contributed by atoms with van der Waals surface area (Å²) in [6, 6.07) is 9.95. The van der Waals surface area contributed by atoms with Gasteiger partial charge in [0.05, 0.1) is 12.5 Å². The molecule has 1 heterocycles. The van der Waals surface area contributed by atoms with Crippen molar-refractivity contribution in [2.45, 2.75) is 25.9 Å². The first-order valence-corrected chi connectivity index (χ1v) is 8.37. The predicted octanol–water partition coefficient (Wildman–Crippen LogP) is 1.50. The van der Waals surface area contributed by atoms with Crippen molar-refractivity contribution in [1.29, 1.82) is 0 Å². The fraction of sp³-hybridized carbons (Fsp3) is 0.611. The highest BCUT2D eigenvalue weighted by molar-refractivity contribution is 5.79. The van der Waals surface area contributed by atoms with Crippen LogP contribution in [0.15, 0.2) is 30.3 Å². The number of hydrogen-bond acceptors (Lipinski definition) is 4. The van der Waals surface area contributed by atoms with Crippen LogP contribution in [0.3, 0.4) is 0 Å². The zero-order valence-electron chi connectivity index (χ0n) is 14.4. The van der Waals surface area contributed by atoms with Crippen molar-refractivity contribution < 1.29 is 9.53 Å². The molecule has 23 heavy (non-hydrogen) atoms. The van der Waals surface area contributed by atoms with Crippen LogP contribution in [0.25, 0.3) is 0 Å². The van der Waals surface area contributed by atoms with Crippen LogP contribution in [0.5, 0.6) is 0 Å². The largest absolute Gasteiger partial charge is 0.383 e. The van der Waals surface area contributed by atoms with Gasteiger partial charge in [-0.2, -0.15) is 0 Å². The third kappa shape index (κ3) is 4.53. The van der Waals surface area contributed by atoms with E-state index in [-0.39, 0.29) is 17.9 Å². The molecule has 2 rings (SSSR count). The number of hydrogen-bond donors (Lipinski definition) is 1. The highest BCUT2D eigenvalue weighted by atomic mass is 16.5. The summed E-state index contributed by atoms with van der Waals surface area (Å²) < 4.78 is 5.15. The zero-order chi connectivity index (χ0) is 16.8. The quantitative estimate of drug-likeness (QED) is 0.863. The Hall–Kier alpha value is -1.43. The summed E-state index contributed by atoms with van der Waals surface area (Å²) in [5.74, 6) is -0.0604. The normalized spacial score (nSPS) is 21.9. The van der Waals surface area contributed by atoms with Crippen molar-refractivity contribution in [3.63, 3.8) is 0 Å². The van der Waals surface area contributed by atoms with Gasteiger partial charge in [0, 0.05) is 45.4 Å². The van der Waals surface area contributed by atoms with Gasteiger partial charge >= 0.3 is 0 Å². The Kier molecular flexibility index (Phi) is 6.57. The predicted molar refractivity (Wildman–Crippen MR) is 92.0 cm³/mol. The molecule has 5 heteroatoms. The molecule has 3 atom stereocenters. The minimum atomic E-state index is -0.259. The number of nitrogens with zero attached hydrogens (tertiary/aromatic N) is 2. The lowest BCUT2D eigenvalue weighted by Gasteiger charge is -2.41. The maximum absolute atomic E-state index is 12.8. The summed E-state index contributed by atoms with van der Waals surface area (Å²) in [6.07, 6.45) is 0. The van der Waals surface area contributed by atoms with Gasteiger partial charge in [0.1, 0.15) is 0 Å². The lowest BCUT2D eigenvalue weighted by molar-refractivity contribution is -0.138. The van der Waals surface area contributed by atoms with Gasteiger partial charge < -0.3 is 15.4 Å². The van der Waals surface area contributed by atoms with E-state index in [1.54, 1.807) is 7.11 Å². The molecular weight excluding hydrogens is 290 g/mol. The molecule has 0 bridgehead atoms. The van der Waals surface area contributed by atoms with Gasteiger partial charge in [-0.25, -0.2) is 0 Å². The number of amides is 1. The number of carbonyl (C=O) groups excluding carboxylic acids is 1. The third-order valence-electron chi connectivity index (χ3n) is 4.77. The maximum Gasteiger partial charge on any atom is 0.227 e. The van der Waals surface area contributed by atoms with Gasteiger partial charge in [-0.3, -0.25) is 9.69 Å². The second-order valence-corrected chi connectivity index (χ2v) is 6.39. The fourth-order valence-corrected chi connectivity index (χ4v) is 3.14. The van der Waals surface area contributed by atoms with E-state index in [1.807, 2.05) is 42.2 Å². The van der Waals surface area contributed by atoms with Crippen molar-refractivity contribution in [2.24, 2.45) is 11.7 Å². The average Bonchev–Trinajstić information content (AvgIpc) is 2.59. The molecule has 0 spiro atoms. The van der Waals surface area contributed by atoms with Gasteiger partial charge in [0.15, 0.2) is 0 Å². The molecule has 0 aliphatic carbocycles. The molecule has 1 aromatic carbocycles. The summed E-state index contributed by atoms with van der Waals surface area (Å²) in [7, 11) is 1.72. The minimum Gasteiger partial charge on any atom is -0.383 e. The van der Waals surface area contributed by atoms with E-state index in [9.17, 15) is 4.79 Å². The van der Waals surface area contributed by atoms with Gasteiger partial charge in [0.25, 0.3) is 0 Å². The van der Waals surface area contributed by atoms with Crippen LogP contribution < -0.4 is 5.73 Å². The molecule has 1 fully saturated rings. The monoisotopic (exact) mass is 319 g/mol. The number of piperazine rings is 1. The molecule has 5 nitrogen and oxygen atoms in total. The second-order valence-electron chi connectivity index (χ2n) is 6.39. The van der Waals surface area contributed by atoms with Crippen LogP contribution >= 0.6 is 0 Å². The highest BCUT2D eigenvalue weighted by Gasteiger charge is 2.31. The van der Waals surface area contributed by atoms with E-state index < -0.39 is 0 Å². The molecule has 128 valence electrons. The molecule has 0 radical (unpaired) electrons. The molecule has 1 saturated heterocycles. The van der Waals surface area contributed by atoms with E-state index in [0.717, 1.165) is 38.3 Å². The smallest absolute Gasteiger partial charge is 0.227 e. The van der Waals surface area contributed by atoms with Gasteiger partial charge in [-0.05, 0) is 12.5 Å². The van der Waals surface area contributed by atoms with Crippen LogP contribution in [0.1, 0.15) is 25.5 Å². The number of ether oxygens (including phenoxy) is 1. The van der Waals surface area contributed by atoms with Crippen molar-refractivity contribution in [3.05, 3.63) is 35.9 Å². The Bertz CT molecular complexity index is 494. The van der Waals surface area contributed by atoms with Crippen molar-refractivity contribution in [2.75, 3.05) is 39.9 Å². The van der Waals surface area contributed by atoms with E-state index in [1.165, 1.54) is 0 Å². The lowest BCUT2D eigenvalue weighted by Crippen LogP contribution is -2.55. The molecule has 0 saturated carbocycles. The Morgan fingerprint density at radius 1 is 1.35 bits per heavy atom. The molecule has 1 amide bonds. The van der Waals surface area contributed by atoms with E-state index in [4.69, 9.17) is 10.5 Å². The van der Waals surface area contributed by atoms with Crippen LogP contribution in [-0.4, -0.2) is 61.6 Å². The maximum atomic E-state index is 12.8. The molecular formula is C18H29N3O2. The number of methoxy groups -OCH3 is 1. The summed E-state index contributed by atoms with van der Waals surface area (Å²) in [5.41, 5.74) is 7.31. The summed E-state index contributed by atoms with van der Waals surface area (Å²) in [4.78, 5) is 17.1. The van der Waals surface area contributed by atoms with Crippen molar-refractivity contribution >= 4 is 5.91 Å². The van der Waals surface area contributed by atoms with Crippen LogP contribution in [0, 0.1) is 5.92 Å². The van der Waals surface area contributed by atoms with E-state index in [0.29, 0.717) is 6.04 Å². The molecule has 1 aliphatic heterocycles. The minimum absolute atomic E-state index is 0.152. The zero-order valence-corrected chi connectivity index (χ0v) is 14.4. The van der Waals surface area contributed by atoms with Gasteiger partial charge in [-0.15, -0.1) is 0 Å². The third-order valence-corrected chi connectivity index (χ3v) is 4.77. The first-order chi connectivity index (χ1) is 11.0. The highest BCUT2D eigenvalue weighted by Crippen LogP contribution is 2.22. The van der Waals surface area contributed by atoms with Crippen molar-refractivity contribution in [3.8, 4) is 0 Å². The molecule has 0 aromatic heterocycles. The Morgan fingerprint density at radius 3 is 2.65 bits per heavy atom. The van der Waals surface area contributed by atoms with Gasteiger partial charge in [0.2, 0.25) is 5.91 Å². The Balaban J connectivity index is 1.93. The number of benzene rings is 1. The number of rotatable bonds is 6. The summed E-state index contributed by atoms with van der Waals surface area (Å²) in [6.45, 7) is 8.15. The Labute approximate surface area is 139 Å². The molecule has 1 aliphatic rings. The first-order valence-electron chi connectivity index (χ1n) is 8.37. The Morgan fingerprint density at radius 2 is 2.04 bits per heavy atom. The van der Waals surface area contributed by atoms with Crippen LogP contribution in [0.4, 0.5) is 0 Å². The standard InChI is InChI=1S/C18H29N3O2/c1-14-13-21(10-9-20(14)11-12-23-3)18(22)15(2)17(19)16-7-5-4-6-8-16/h4-8,14-15,17H,9-13,19H2,1-3H3. The van der Waals surface area contributed by atoms with Crippen molar-refractivity contribution in [1.82, 2.24) is 9.80 Å². The second kappa shape index (κ2) is 8.43. The lowest BCUT2D eigenvalue weighted by atomic mass is 9.93.